The van der Waals surface area contributed by atoms with Crippen LogP contribution in [0.4, 0.5) is 0 Å². The Kier molecular flexibility index (Phi) is 9.10. The summed E-state index contributed by atoms with van der Waals surface area (Å²) in [5, 5.41) is 4.18. The normalized spacial score (nSPS) is 28.9. The Hall–Kier alpha value is -3.81. The largest absolute Gasteiger partial charge is 0.469 e. The minimum absolute atomic E-state index is 0.0280. The highest BCUT2D eigenvalue weighted by atomic mass is 16.5. The second-order valence-corrected chi connectivity index (χ2v) is 11.7. The van der Waals surface area contributed by atoms with Gasteiger partial charge in [-0.2, -0.15) is 0 Å². The first-order chi connectivity index (χ1) is 19.6. The number of ether oxygens (including phenoxy) is 1. The van der Waals surface area contributed by atoms with Gasteiger partial charge in [0, 0.05) is 41.4 Å². The van der Waals surface area contributed by atoms with E-state index in [1.807, 2.05) is 63.4 Å². The molecule has 0 radical (unpaired) electrons. The summed E-state index contributed by atoms with van der Waals surface area (Å²) in [6, 6.07) is 7.56. The molecule has 2 fully saturated rings. The summed E-state index contributed by atoms with van der Waals surface area (Å²) in [6.45, 7) is 7.52. The van der Waals surface area contributed by atoms with E-state index >= 15 is 0 Å². The number of carbonyl (C=O) groups is 5. The molecule has 1 aliphatic carbocycles. The van der Waals surface area contributed by atoms with Crippen LogP contribution in [0.15, 0.2) is 54.3 Å². The Bertz CT molecular complexity index is 1400. The number of ketones is 2. The number of aldehydes is 1. The molecule has 41 heavy (non-hydrogen) atoms. The van der Waals surface area contributed by atoms with Crippen LogP contribution in [0, 0.1) is 35.0 Å². The summed E-state index contributed by atoms with van der Waals surface area (Å²) < 4.78 is 4.77. The molecule has 8 nitrogen and oxygen atoms in total. The molecule has 2 N–H and O–H groups in total. The summed E-state index contributed by atoms with van der Waals surface area (Å²) in [4.78, 5) is 68.5. The fourth-order valence-electron chi connectivity index (χ4n) is 7.01. The molecule has 1 amide bonds. The summed E-state index contributed by atoms with van der Waals surface area (Å²) >= 11 is 0. The van der Waals surface area contributed by atoms with E-state index in [1.54, 1.807) is 13.0 Å². The molecule has 2 aliphatic rings. The number of amides is 1. The summed E-state index contributed by atoms with van der Waals surface area (Å²) in [5.74, 6) is -3.55. The van der Waals surface area contributed by atoms with E-state index in [0.29, 0.717) is 18.4 Å². The fourth-order valence-corrected chi connectivity index (χ4v) is 7.01. The van der Waals surface area contributed by atoms with Gasteiger partial charge in [-0.3, -0.25) is 24.0 Å². The molecule has 1 aliphatic heterocycles. The highest BCUT2D eigenvalue weighted by Crippen LogP contribution is 2.56. The molecule has 4 rings (SSSR count). The predicted octanol–water partition coefficient (Wildman–Crippen LogP) is 4.53. The van der Waals surface area contributed by atoms with Crippen molar-refractivity contribution in [1.82, 2.24) is 10.3 Å². The number of esters is 1. The van der Waals surface area contributed by atoms with Gasteiger partial charge in [0.05, 0.1) is 19.4 Å². The number of nitrogens with one attached hydrogen (secondary N) is 2. The van der Waals surface area contributed by atoms with Gasteiger partial charge in [-0.15, -0.1) is 0 Å². The van der Waals surface area contributed by atoms with E-state index in [0.717, 1.165) is 22.8 Å². The van der Waals surface area contributed by atoms with Crippen LogP contribution in [0.25, 0.3) is 10.9 Å². The smallest absolute Gasteiger partial charge is 0.305 e. The monoisotopic (exact) mass is 560 g/mol. The molecule has 1 saturated heterocycles. The lowest BCUT2D eigenvalue weighted by atomic mass is 9.51. The number of methoxy groups -OCH3 is 1. The van der Waals surface area contributed by atoms with Crippen LogP contribution in [0.2, 0.25) is 0 Å². The number of aromatic nitrogens is 1. The van der Waals surface area contributed by atoms with Crippen molar-refractivity contribution in [2.75, 3.05) is 7.11 Å². The molecule has 2 heterocycles. The van der Waals surface area contributed by atoms with Crippen LogP contribution in [-0.2, 0) is 35.1 Å². The molecule has 1 aromatic heterocycles. The van der Waals surface area contributed by atoms with Gasteiger partial charge in [0.25, 0.3) is 0 Å². The van der Waals surface area contributed by atoms with Gasteiger partial charge in [0.1, 0.15) is 23.3 Å². The van der Waals surface area contributed by atoms with Crippen molar-refractivity contribution in [3.63, 3.8) is 0 Å². The second-order valence-electron chi connectivity index (χ2n) is 11.7. The molecule has 1 aromatic carbocycles. The van der Waals surface area contributed by atoms with E-state index < -0.39 is 34.9 Å². The van der Waals surface area contributed by atoms with E-state index in [2.05, 4.69) is 10.3 Å². The summed E-state index contributed by atoms with van der Waals surface area (Å²) in [7, 11) is 1.26. The Morgan fingerprint density at radius 2 is 1.88 bits per heavy atom. The minimum Gasteiger partial charge on any atom is -0.469 e. The van der Waals surface area contributed by atoms with Crippen molar-refractivity contribution in [3.05, 3.63) is 59.8 Å². The van der Waals surface area contributed by atoms with E-state index in [-0.39, 0.29) is 42.4 Å². The molecule has 1 saturated carbocycles. The van der Waals surface area contributed by atoms with Crippen molar-refractivity contribution < 1.29 is 28.7 Å². The van der Waals surface area contributed by atoms with Gasteiger partial charge >= 0.3 is 5.97 Å². The van der Waals surface area contributed by atoms with Crippen LogP contribution < -0.4 is 5.32 Å². The van der Waals surface area contributed by atoms with Crippen molar-refractivity contribution in [3.8, 4) is 0 Å². The number of rotatable bonds is 11. The number of hydrogen-bond donors (Lipinski definition) is 2. The van der Waals surface area contributed by atoms with Crippen molar-refractivity contribution >= 4 is 40.6 Å². The topological polar surface area (TPSA) is 122 Å². The average Bonchev–Trinajstić information content (AvgIpc) is 3.50. The molecule has 2 aromatic rings. The van der Waals surface area contributed by atoms with Crippen molar-refractivity contribution in [2.24, 2.45) is 35.0 Å². The second kappa shape index (κ2) is 12.4. The highest BCUT2D eigenvalue weighted by molar-refractivity contribution is 6.14. The average molecular weight is 561 g/mol. The number of para-hydroxylation sites is 1. The van der Waals surface area contributed by atoms with Gasteiger partial charge in [-0.05, 0) is 48.8 Å². The molecule has 7 atom stereocenters. The van der Waals surface area contributed by atoms with Crippen LogP contribution in [0.1, 0.15) is 52.5 Å². The van der Waals surface area contributed by atoms with Gasteiger partial charge in [-0.25, -0.2) is 0 Å². The number of hydrogen-bond acceptors (Lipinski definition) is 6. The Labute approximate surface area is 241 Å². The zero-order valence-electron chi connectivity index (χ0n) is 24.4. The predicted molar refractivity (Wildman–Crippen MR) is 156 cm³/mol. The summed E-state index contributed by atoms with van der Waals surface area (Å²) in [6.07, 6.45) is 8.84. The first kappa shape index (κ1) is 30.2. The van der Waals surface area contributed by atoms with E-state index in [1.165, 1.54) is 7.11 Å². The van der Waals surface area contributed by atoms with Crippen LogP contribution in [0.5, 0.6) is 0 Å². The lowest BCUT2D eigenvalue weighted by Crippen LogP contribution is -2.59. The SMILES string of the molecule is COC(=O)CCC(=O)[C@@]12C(=O)N[C@@H](Cc3c[nH]c4ccccc34)[C@@H]1[C@H](C)[C@H](C)C(=O)[C@@H]2C=CC[C@H](C)C=C(C)C=O. The lowest BCUT2D eigenvalue weighted by Gasteiger charge is -2.47. The maximum atomic E-state index is 14.2. The number of fused-ring (bicyclic) bond motifs is 2. The molecule has 0 spiro atoms. The minimum atomic E-state index is -1.62. The maximum Gasteiger partial charge on any atom is 0.305 e. The molecular formula is C33H40N2O6. The third-order valence-corrected chi connectivity index (χ3v) is 9.18. The Balaban J connectivity index is 1.76. The first-order valence-corrected chi connectivity index (χ1v) is 14.4. The van der Waals surface area contributed by atoms with Gasteiger partial charge in [-0.1, -0.05) is 57.2 Å². The summed E-state index contributed by atoms with van der Waals surface area (Å²) in [5.41, 5.74) is 1.01. The third kappa shape index (κ3) is 5.56. The Morgan fingerprint density at radius 1 is 1.15 bits per heavy atom. The van der Waals surface area contributed by atoms with Crippen LogP contribution in [0.3, 0.4) is 0 Å². The van der Waals surface area contributed by atoms with Crippen LogP contribution >= 0.6 is 0 Å². The highest BCUT2D eigenvalue weighted by Gasteiger charge is 2.68. The van der Waals surface area contributed by atoms with Gasteiger partial charge in [0.2, 0.25) is 5.91 Å². The number of H-pyrrole nitrogens is 1. The third-order valence-electron chi connectivity index (χ3n) is 9.18. The zero-order chi connectivity index (χ0) is 29.9. The molecule has 0 bridgehead atoms. The quantitative estimate of drug-likeness (QED) is 0.137. The number of carbonyl (C=O) groups excluding carboxylic acids is 5. The molecule has 218 valence electrons. The maximum absolute atomic E-state index is 14.2. The van der Waals surface area contributed by atoms with Crippen LogP contribution in [-0.4, -0.2) is 47.9 Å². The van der Waals surface area contributed by atoms with Gasteiger partial charge in [0.15, 0.2) is 0 Å². The van der Waals surface area contributed by atoms with Crippen molar-refractivity contribution in [1.29, 1.82) is 0 Å². The zero-order valence-corrected chi connectivity index (χ0v) is 24.4. The standard InChI is InChI=1S/C33H40N2O6/c1-19(15-20(2)18-36)9-8-11-25-31(39)22(4)21(3)30-27(16-23-17-34-26-12-7-6-10-24(23)26)35-32(40)33(25,30)28(37)13-14-29(38)41-5/h6-8,10-12,15,17-19,21-22,25,27,30,34H,9,13-14,16H2,1-5H3,(H,35,40)/t19-,21+,22-,25-,27-,30-,33+/m0/s1. The fraction of sp³-hybridized carbons (Fsp3) is 0.485. The Morgan fingerprint density at radius 3 is 2.59 bits per heavy atom. The number of benzene rings is 1. The molecular weight excluding hydrogens is 520 g/mol. The van der Waals surface area contributed by atoms with E-state index in [9.17, 15) is 24.0 Å². The number of Topliss-reactive ketones (excluding diaryl/α,β-unsaturated/α-hetero) is 2. The van der Waals surface area contributed by atoms with Gasteiger partial charge < -0.3 is 15.0 Å². The molecule has 0 unspecified atom stereocenters. The lowest BCUT2D eigenvalue weighted by molar-refractivity contribution is -0.159. The van der Waals surface area contributed by atoms with E-state index in [4.69, 9.17) is 4.74 Å². The number of aromatic amines is 1. The van der Waals surface area contributed by atoms with Crippen molar-refractivity contribution in [2.45, 2.75) is 59.4 Å². The first-order valence-electron chi connectivity index (χ1n) is 14.4. The number of allylic oxidation sites excluding steroid dienone is 4. The molecule has 8 heteroatoms.